The van der Waals surface area contributed by atoms with Gasteiger partial charge in [-0.2, -0.15) is 0 Å². The molecule has 0 fully saturated rings. The molecule has 0 saturated heterocycles. The Bertz CT molecular complexity index is 693. The Morgan fingerprint density at radius 2 is 2.17 bits per heavy atom. The van der Waals surface area contributed by atoms with Crippen LogP contribution in [0.25, 0.3) is 11.0 Å². The average molecular weight is 321 g/mol. The van der Waals surface area contributed by atoms with Gasteiger partial charge in [-0.1, -0.05) is 0 Å². The van der Waals surface area contributed by atoms with Crippen LogP contribution < -0.4 is 5.32 Å². The summed E-state index contributed by atoms with van der Waals surface area (Å²) >= 11 is 0. The SMILES string of the molecule is COCCNC(=O)[C@@H](C)OC(=O)Cc1coc2cc(O)ccc12. The first kappa shape index (κ1) is 16.8. The Kier molecular flexibility index (Phi) is 5.59. The summed E-state index contributed by atoms with van der Waals surface area (Å²) in [6.07, 6.45) is 0.531. The van der Waals surface area contributed by atoms with Crippen molar-refractivity contribution in [2.24, 2.45) is 0 Å². The zero-order valence-corrected chi connectivity index (χ0v) is 13.0. The molecule has 0 radical (unpaired) electrons. The van der Waals surface area contributed by atoms with E-state index in [1.54, 1.807) is 6.07 Å². The number of phenolic OH excluding ortho intramolecular Hbond substituents is 1. The normalized spacial score (nSPS) is 12.1. The molecule has 7 heteroatoms. The second-order valence-electron chi connectivity index (χ2n) is 5.03. The highest BCUT2D eigenvalue weighted by molar-refractivity contribution is 5.88. The first-order valence-electron chi connectivity index (χ1n) is 7.16. The molecule has 0 aliphatic rings. The molecule has 1 atom stereocenters. The number of esters is 1. The van der Waals surface area contributed by atoms with E-state index in [1.807, 2.05) is 0 Å². The van der Waals surface area contributed by atoms with Crippen LogP contribution in [0.2, 0.25) is 0 Å². The van der Waals surface area contributed by atoms with Crippen LogP contribution in [-0.2, 0) is 25.5 Å². The number of rotatable bonds is 7. The molecule has 1 amide bonds. The Morgan fingerprint density at radius 1 is 1.39 bits per heavy atom. The lowest BCUT2D eigenvalue weighted by Gasteiger charge is -2.13. The van der Waals surface area contributed by atoms with Crippen molar-refractivity contribution in [1.29, 1.82) is 0 Å². The van der Waals surface area contributed by atoms with Crippen molar-refractivity contribution in [3.05, 3.63) is 30.0 Å². The van der Waals surface area contributed by atoms with Gasteiger partial charge in [-0.05, 0) is 19.1 Å². The highest BCUT2D eigenvalue weighted by atomic mass is 16.5. The topological polar surface area (TPSA) is 98.0 Å². The Hall–Kier alpha value is -2.54. The fourth-order valence-corrected chi connectivity index (χ4v) is 2.08. The molecule has 2 aromatic rings. The fraction of sp³-hybridized carbons (Fsp3) is 0.375. The first-order chi connectivity index (χ1) is 11.0. The zero-order chi connectivity index (χ0) is 16.8. The number of phenols is 1. The molecule has 0 bridgehead atoms. The second kappa shape index (κ2) is 7.64. The van der Waals surface area contributed by atoms with E-state index < -0.39 is 12.1 Å². The Balaban J connectivity index is 1.92. The lowest BCUT2D eigenvalue weighted by Crippen LogP contribution is -2.37. The number of benzene rings is 1. The van der Waals surface area contributed by atoms with Gasteiger partial charge in [-0.25, -0.2) is 0 Å². The number of amides is 1. The van der Waals surface area contributed by atoms with Gasteiger partial charge in [0.2, 0.25) is 0 Å². The predicted octanol–water partition coefficient (Wildman–Crippen LogP) is 1.38. The van der Waals surface area contributed by atoms with Gasteiger partial charge >= 0.3 is 5.97 Å². The molecule has 1 aromatic carbocycles. The van der Waals surface area contributed by atoms with Crippen LogP contribution >= 0.6 is 0 Å². The second-order valence-corrected chi connectivity index (χ2v) is 5.03. The minimum absolute atomic E-state index is 0.0204. The van der Waals surface area contributed by atoms with Gasteiger partial charge in [0.25, 0.3) is 5.91 Å². The van der Waals surface area contributed by atoms with Crippen LogP contribution in [0, 0.1) is 0 Å². The first-order valence-corrected chi connectivity index (χ1v) is 7.16. The van der Waals surface area contributed by atoms with Gasteiger partial charge in [0.15, 0.2) is 6.10 Å². The van der Waals surface area contributed by atoms with Crippen LogP contribution in [0.3, 0.4) is 0 Å². The minimum atomic E-state index is -0.887. The van der Waals surface area contributed by atoms with E-state index in [2.05, 4.69) is 5.32 Å². The number of ether oxygens (including phenoxy) is 2. The highest BCUT2D eigenvalue weighted by Gasteiger charge is 2.19. The van der Waals surface area contributed by atoms with Crippen LogP contribution in [0.15, 0.2) is 28.9 Å². The van der Waals surface area contributed by atoms with Gasteiger partial charge in [0.1, 0.15) is 11.3 Å². The fourth-order valence-electron chi connectivity index (χ4n) is 2.08. The Labute approximate surface area is 133 Å². The molecule has 7 nitrogen and oxygen atoms in total. The summed E-state index contributed by atoms with van der Waals surface area (Å²) in [6, 6.07) is 4.65. The van der Waals surface area contributed by atoms with Crippen molar-refractivity contribution >= 4 is 22.8 Å². The number of furan rings is 1. The van der Waals surface area contributed by atoms with Crippen LogP contribution in [0.5, 0.6) is 5.75 Å². The van der Waals surface area contributed by atoms with E-state index in [0.29, 0.717) is 24.3 Å². The van der Waals surface area contributed by atoms with Crippen LogP contribution in [0.4, 0.5) is 0 Å². The number of nitrogens with one attached hydrogen (secondary N) is 1. The molecular formula is C16H19NO6. The standard InChI is InChI=1S/C16H19NO6/c1-10(16(20)17-5-6-21-2)23-15(19)7-11-9-22-14-8-12(18)3-4-13(11)14/h3-4,8-10,18H,5-7H2,1-2H3,(H,17,20)/t10-/m1/s1. The van der Waals surface area contributed by atoms with Crippen molar-refractivity contribution in [2.45, 2.75) is 19.4 Å². The van der Waals surface area contributed by atoms with Crippen molar-refractivity contribution in [1.82, 2.24) is 5.32 Å². The molecule has 124 valence electrons. The maximum atomic E-state index is 11.9. The lowest BCUT2D eigenvalue weighted by molar-refractivity contribution is -0.154. The van der Waals surface area contributed by atoms with Crippen molar-refractivity contribution in [2.75, 3.05) is 20.3 Å². The lowest BCUT2D eigenvalue weighted by atomic mass is 10.1. The van der Waals surface area contributed by atoms with E-state index >= 15 is 0 Å². The molecule has 2 rings (SSSR count). The third kappa shape index (κ3) is 4.46. The number of aromatic hydroxyl groups is 1. The average Bonchev–Trinajstić information content (AvgIpc) is 2.89. The van der Waals surface area contributed by atoms with E-state index in [1.165, 1.54) is 32.4 Å². The molecule has 2 N–H and O–H groups in total. The number of carbonyl (C=O) groups is 2. The summed E-state index contributed by atoms with van der Waals surface area (Å²) in [7, 11) is 1.53. The monoisotopic (exact) mass is 321 g/mol. The Morgan fingerprint density at radius 3 is 2.91 bits per heavy atom. The van der Waals surface area contributed by atoms with Crippen LogP contribution in [-0.4, -0.2) is 43.3 Å². The minimum Gasteiger partial charge on any atom is -0.508 e. The number of hydrogen-bond acceptors (Lipinski definition) is 6. The third-order valence-corrected chi connectivity index (χ3v) is 3.26. The molecule has 0 aliphatic heterocycles. The van der Waals surface area contributed by atoms with Crippen molar-refractivity contribution in [3.8, 4) is 5.75 Å². The summed E-state index contributed by atoms with van der Waals surface area (Å²) in [5.74, 6) is -0.824. The molecule has 1 heterocycles. The summed E-state index contributed by atoms with van der Waals surface area (Å²) in [5, 5.41) is 12.7. The summed E-state index contributed by atoms with van der Waals surface area (Å²) < 4.78 is 15.2. The van der Waals surface area contributed by atoms with Crippen molar-refractivity contribution < 1.29 is 28.6 Å². The molecule has 1 aromatic heterocycles. The van der Waals surface area contributed by atoms with E-state index in [9.17, 15) is 14.7 Å². The molecule has 0 aliphatic carbocycles. The maximum Gasteiger partial charge on any atom is 0.311 e. The van der Waals surface area contributed by atoms with E-state index in [-0.39, 0.29) is 18.1 Å². The summed E-state index contributed by atoms with van der Waals surface area (Å²) in [5.41, 5.74) is 1.12. The molecular weight excluding hydrogens is 302 g/mol. The number of fused-ring (bicyclic) bond motifs is 1. The number of methoxy groups -OCH3 is 1. The van der Waals surface area contributed by atoms with Crippen LogP contribution in [0.1, 0.15) is 12.5 Å². The quantitative estimate of drug-likeness (QED) is 0.590. The smallest absolute Gasteiger partial charge is 0.311 e. The van der Waals surface area contributed by atoms with Gasteiger partial charge in [-0.3, -0.25) is 9.59 Å². The summed E-state index contributed by atoms with van der Waals surface area (Å²) in [6.45, 7) is 2.25. The van der Waals surface area contributed by atoms with E-state index in [0.717, 1.165) is 5.39 Å². The molecule has 0 spiro atoms. The van der Waals surface area contributed by atoms with Gasteiger partial charge in [0, 0.05) is 30.7 Å². The van der Waals surface area contributed by atoms with Crippen molar-refractivity contribution in [3.63, 3.8) is 0 Å². The number of carbonyl (C=O) groups excluding carboxylic acids is 2. The highest BCUT2D eigenvalue weighted by Crippen LogP contribution is 2.25. The maximum absolute atomic E-state index is 11.9. The molecule has 0 saturated carbocycles. The van der Waals surface area contributed by atoms with Gasteiger partial charge in [-0.15, -0.1) is 0 Å². The summed E-state index contributed by atoms with van der Waals surface area (Å²) in [4.78, 5) is 23.7. The number of hydrogen-bond donors (Lipinski definition) is 2. The molecule has 23 heavy (non-hydrogen) atoms. The third-order valence-electron chi connectivity index (χ3n) is 3.26. The van der Waals surface area contributed by atoms with Gasteiger partial charge in [0.05, 0.1) is 19.3 Å². The zero-order valence-electron chi connectivity index (χ0n) is 13.0. The largest absolute Gasteiger partial charge is 0.508 e. The predicted molar refractivity (Wildman–Crippen MR) is 82.0 cm³/mol. The van der Waals surface area contributed by atoms with Gasteiger partial charge < -0.3 is 24.3 Å². The van der Waals surface area contributed by atoms with E-state index in [4.69, 9.17) is 13.9 Å². The molecule has 0 unspecified atom stereocenters.